The van der Waals surface area contributed by atoms with Crippen LogP contribution in [0.3, 0.4) is 0 Å². The van der Waals surface area contributed by atoms with Crippen molar-refractivity contribution in [2.75, 3.05) is 0 Å². The highest BCUT2D eigenvalue weighted by Crippen LogP contribution is 2.37. The highest BCUT2D eigenvalue weighted by molar-refractivity contribution is 6.09. The summed E-state index contributed by atoms with van der Waals surface area (Å²) in [5.74, 6) is 1.76. The first-order valence-electron chi connectivity index (χ1n) is 11.9. The Bertz CT molecular complexity index is 1640. The Morgan fingerprint density at radius 1 is 0.647 bits per heavy atom. The number of rotatable bonds is 4. The number of aromatic nitrogens is 1. The van der Waals surface area contributed by atoms with Crippen LogP contribution in [-0.2, 0) is 0 Å². The number of benzene rings is 3. The number of hydrogen-bond acceptors (Lipinski definition) is 3. The predicted molar refractivity (Wildman–Crippen MR) is 140 cm³/mol. The number of hydrogen-bond donors (Lipinski definition) is 0. The summed E-state index contributed by atoms with van der Waals surface area (Å²) in [6.45, 7) is 8.92. The molecule has 0 aliphatic heterocycles. The lowest BCUT2D eigenvalue weighted by atomic mass is 9.92. The summed E-state index contributed by atoms with van der Waals surface area (Å²) < 4.78 is 12.5. The van der Waals surface area contributed by atoms with Crippen molar-refractivity contribution in [3.8, 4) is 22.6 Å². The largest absolute Gasteiger partial charge is 0.455 e. The summed E-state index contributed by atoms with van der Waals surface area (Å²) in [5, 5.41) is 2.23. The van der Waals surface area contributed by atoms with Gasteiger partial charge in [-0.15, -0.1) is 0 Å². The van der Waals surface area contributed by atoms with Gasteiger partial charge in [0.05, 0.1) is 5.69 Å². The van der Waals surface area contributed by atoms with E-state index in [-0.39, 0.29) is 0 Å². The fraction of sp³-hybridized carbons (Fsp3) is 0.194. The topological polar surface area (TPSA) is 39.2 Å². The maximum atomic E-state index is 6.26. The number of nitrogens with zero attached hydrogens (tertiary/aromatic N) is 1. The molecule has 0 N–H and O–H groups in total. The zero-order valence-electron chi connectivity index (χ0n) is 19.9. The molecule has 34 heavy (non-hydrogen) atoms. The van der Waals surface area contributed by atoms with E-state index in [1.54, 1.807) is 0 Å². The third kappa shape index (κ3) is 3.40. The quantitative estimate of drug-likeness (QED) is 0.271. The molecule has 3 aromatic carbocycles. The van der Waals surface area contributed by atoms with Crippen LogP contribution in [-0.4, -0.2) is 4.98 Å². The van der Waals surface area contributed by atoms with E-state index in [0.717, 1.165) is 55.6 Å². The molecule has 0 aliphatic rings. The molecular formula is C31H27NO2. The van der Waals surface area contributed by atoms with E-state index in [9.17, 15) is 0 Å². The van der Waals surface area contributed by atoms with Crippen molar-refractivity contribution in [3.63, 3.8) is 0 Å². The van der Waals surface area contributed by atoms with Gasteiger partial charge in [-0.05, 0) is 59.4 Å². The van der Waals surface area contributed by atoms with E-state index in [2.05, 4.69) is 76.2 Å². The fourth-order valence-corrected chi connectivity index (χ4v) is 4.65. The normalized spacial score (nSPS) is 12.1. The Balaban J connectivity index is 1.48. The van der Waals surface area contributed by atoms with Gasteiger partial charge in [-0.3, -0.25) is 0 Å². The van der Waals surface area contributed by atoms with Crippen molar-refractivity contribution in [2.45, 2.75) is 39.5 Å². The lowest BCUT2D eigenvalue weighted by molar-refractivity contribution is 0.630. The molecule has 0 atom stereocenters. The molecule has 3 aromatic heterocycles. The van der Waals surface area contributed by atoms with Gasteiger partial charge in [0, 0.05) is 28.0 Å². The molecule has 168 valence electrons. The first-order chi connectivity index (χ1) is 16.5. The molecule has 0 amide bonds. The van der Waals surface area contributed by atoms with E-state index in [1.165, 1.54) is 11.1 Å². The number of para-hydroxylation sites is 2. The van der Waals surface area contributed by atoms with Gasteiger partial charge in [0.25, 0.3) is 0 Å². The highest BCUT2D eigenvalue weighted by atomic mass is 16.3. The number of furan rings is 2. The van der Waals surface area contributed by atoms with Crippen LogP contribution in [0.15, 0.2) is 87.7 Å². The molecule has 0 saturated heterocycles. The van der Waals surface area contributed by atoms with Crippen molar-refractivity contribution in [2.24, 2.45) is 0 Å². The van der Waals surface area contributed by atoms with Gasteiger partial charge < -0.3 is 8.83 Å². The Morgan fingerprint density at radius 3 is 2.15 bits per heavy atom. The molecule has 3 heteroatoms. The fourth-order valence-electron chi connectivity index (χ4n) is 4.65. The highest BCUT2D eigenvalue weighted by Gasteiger charge is 2.16. The Kier molecular flexibility index (Phi) is 4.80. The second kappa shape index (κ2) is 7.88. The molecule has 0 fully saturated rings. The predicted octanol–water partition coefficient (Wildman–Crippen LogP) is 9.31. The maximum Gasteiger partial charge on any atom is 0.153 e. The molecule has 0 bridgehead atoms. The molecule has 0 unspecified atom stereocenters. The van der Waals surface area contributed by atoms with Crippen molar-refractivity contribution < 1.29 is 8.83 Å². The maximum absolute atomic E-state index is 6.26. The van der Waals surface area contributed by atoms with Crippen LogP contribution in [0.4, 0.5) is 0 Å². The van der Waals surface area contributed by atoms with E-state index in [4.69, 9.17) is 13.8 Å². The van der Waals surface area contributed by atoms with Crippen LogP contribution in [0, 0.1) is 0 Å². The summed E-state index contributed by atoms with van der Waals surface area (Å²) in [4.78, 5) is 4.97. The molecule has 0 aliphatic carbocycles. The van der Waals surface area contributed by atoms with Gasteiger partial charge >= 0.3 is 0 Å². The molecule has 3 nitrogen and oxygen atoms in total. The van der Waals surface area contributed by atoms with Crippen LogP contribution in [0.25, 0.3) is 55.6 Å². The first-order valence-corrected chi connectivity index (χ1v) is 11.9. The van der Waals surface area contributed by atoms with Gasteiger partial charge in [0.2, 0.25) is 0 Å². The average Bonchev–Trinajstić information content (AvgIpc) is 3.44. The Hall–Kier alpha value is -3.85. The third-order valence-electron chi connectivity index (χ3n) is 6.65. The zero-order valence-corrected chi connectivity index (χ0v) is 19.9. The van der Waals surface area contributed by atoms with Crippen LogP contribution >= 0.6 is 0 Å². The molecular weight excluding hydrogens is 418 g/mol. The van der Waals surface area contributed by atoms with E-state index < -0.39 is 0 Å². The van der Waals surface area contributed by atoms with E-state index in [0.29, 0.717) is 11.8 Å². The number of pyridine rings is 1. The van der Waals surface area contributed by atoms with E-state index >= 15 is 0 Å². The van der Waals surface area contributed by atoms with Crippen LogP contribution in [0.2, 0.25) is 0 Å². The van der Waals surface area contributed by atoms with Gasteiger partial charge in [-0.25, -0.2) is 4.98 Å². The summed E-state index contributed by atoms with van der Waals surface area (Å²) >= 11 is 0. The van der Waals surface area contributed by atoms with Gasteiger partial charge in [-0.2, -0.15) is 0 Å². The van der Waals surface area contributed by atoms with Crippen LogP contribution < -0.4 is 0 Å². The second-order valence-corrected chi connectivity index (χ2v) is 9.67. The summed E-state index contributed by atoms with van der Waals surface area (Å²) in [6, 6.07) is 27.3. The number of fused-ring (bicyclic) bond motifs is 4. The monoisotopic (exact) mass is 445 g/mol. The summed E-state index contributed by atoms with van der Waals surface area (Å²) in [7, 11) is 0. The van der Waals surface area contributed by atoms with Gasteiger partial charge in [-0.1, -0.05) is 64.1 Å². The minimum Gasteiger partial charge on any atom is -0.455 e. The van der Waals surface area contributed by atoms with Gasteiger partial charge in [0.15, 0.2) is 5.58 Å². The molecule has 6 aromatic rings. The minimum atomic E-state index is 0.454. The van der Waals surface area contributed by atoms with Crippen LogP contribution in [0.5, 0.6) is 0 Å². The standard InChI is InChI=1S/C31H27NO2/c1-18(2)20-14-21(19(3)4)16-22(15-20)30-17-27-29(33-30)13-12-26(32-27)25-10-7-9-24-23-8-5-6-11-28(23)34-31(24)25/h5-19H,1-4H3. The third-order valence-corrected chi connectivity index (χ3v) is 6.65. The first kappa shape index (κ1) is 20.7. The van der Waals surface area contributed by atoms with Gasteiger partial charge in [0.1, 0.15) is 22.4 Å². The smallest absolute Gasteiger partial charge is 0.153 e. The summed E-state index contributed by atoms with van der Waals surface area (Å²) in [6.07, 6.45) is 0. The van der Waals surface area contributed by atoms with E-state index in [1.807, 2.05) is 30.3 Å². The molecule has 0 saturated carbocycles. The molecule has 0 radical (unpaired) electrons. The SMILES string of the molecule is CC(C)c1cc(-c2cc3nc(-c4cccc5c4oc4ccccc45)ccc3o2)cc(C(C)C)c1. The minimum absolute atomic E-state index is 0.454. The Morgan fingerprint density at radius 2 is 1.38 bits per heavy atom. The van der Waals surface area contributed by atoms with Crippen molar-refractivity contribution >= 4 is 33.0 Å². The molecule has 3 heterocycles. The Labute approximate surface area is 199 Å². The van der Waals surface area contributed by atoms with Crippen LogP contribution in [0.1, 0.15) is 50.7 Å². The zero-order chi connectivity index (χ0) is 23.4. The van der Waals surface area contributed by atoms with Crippen molar-refractivity contribution in [1.82, 2.24) is 4.98 Å². The van der Waals surface area contributed by atoms with Crippen molar-refractivity contribution in [3.05, 3.63) is 90.0 Å². The average molecular weight is 446 g/mol. The lowest BCUT2D eigenvalue weighted by Crippen LogP contribution is -1.94. The molecule has 6 rings (SSSR count). The lowest BCUT2D eigenvalue weighted by Gasteiger charge is -2.13. The summed E-state index contributed by atoms with van der Waals surface area (Å²) in [5.41, 5.74) is 9.02. The second-order valence-electron chi connectivity index (χ2n) is 9.67. The van der Waals surface area contributed by atoms with Crippen molar-refractivity contribution in [1.29, 1.82) is 0 Å². The molecule has 0 spiro atoms.